The van der Waals surface area contributed by atoms with Gasteiger partial charge in [0.2, 0.25) is 0 Å². The van der Waals surface area contributed by atoms with Crippen LogP contribution < -0.4 is 5.32 Å². The van der Waals surface area contributed by atoms with Crippen LogP contribution in [0.15, 0.2) is 55.2 Å². The van der Waals surface area contributed by atoms with Gasteiger partial charge in [-0.25, -0.2) is 9.97 Å². The number of hydrogen-bond donors (Lipinski definition) is 1. The van der Waals surface area contributed by atoms with E-state index in [1.165, 1.54) is 52.0 Å². The third-order valence-corrected chi connectivity index (χ3v) is 4.98. The van der Waals surface area contributed by atoms with Crippen molar-refractivity contribution in [3.63, 3.8) is 0 Å². The average Bonchev–Trinajstić information content (AvgIpc) is 3.30. The molecule has 0 unspecified atom stereocenters. The number of aromatic nitrogens is 4. The quantitative estimate of drug-likeness (QED) is 0.406. The number of nitrogens with one attached hydrogen (secondary N) is 1. The Balaban J connectivity index is 0.00000272. The summed E-state index contributed by atoms with van der Waals surface area (Å²) in [5.74, 6) is -0.661. The molecule has 0 atom stereocenters. The van der Waals surface area contributed by atoms with Gasteiger partial charge in [-0.3, -0.25) is 9.20 Å². The van der Waals surface area contributed by atoms with Gasteiger partial charge in [-0.05, 0) is 24.3 Å². The molecule has 4 rings (SSSR count). The van der Waals surface area contributed by atoms with Gasteiger partial charge in [0.25, 0.3) is 5.91 Å². The highest BCUT2D eigenvalue weighted by Gasteiger charge is 2.38. The molecule has 1 amide bonds. The summed E-state index contributed by atoms with van der Waals surface area (Å²) >= 11 is 12.1. The van der Waals surface area contributed by atoms with E-state index in [0.717, 1.165) is 0 Å². The molecule has 0 saturated heterocycles. The maximum Gasteiger partial charge on any atom is 0.435 e. The van der Waals surface area contributed by atoms with Crippen molar-refractivity contribution in [2.75, 3.05) is 5.32 Å². The molecule has 1 aromatic carbocycles. The van der Waals surface area contributed by atoms with Crippen molar-refractivity contribution in [2.45, 2.75) is 12.7 Å². The summed E-state index contributed by atoms with van der Waals surface area (Å²) in [6.07, 6.45) is 1.18. The first-order valence-electron chi connectivity index (χ1n) is 8.54. The number of benzene rings is 1. The second-order valence-corrected chi connectivity index (χ2v) is 7.12. The van der Waals surface area contributed by atoms with Crippen LogP contribution in [-0.2, 0) is 12.7 Å². The van der Waals surface area contributed by atoms with Crippen molar-refractivity contribution in [2.24, 2.45) is 0 Å². The van der Waals surface area contributed by atoms with Gasteiger partial charge < -0.3 is 9.88 Å². The minimum absolute atomic E-state index is 0. The van der Waals surface area contributed by atoms with Gasteiger partial charge in [-0.1, -0.05) is 29.3 Å². The fraction of sp³-hybridized carbons (Fsp3) is 0.105. The first-order valence-corrected chi connectivity index (χ1v) is 9.29. The summed E-state index contributed by atoms with van der Waals surface area (Å²) in [6.45, 7) is -0.107. The highest BCUT2D eigenvalue weighted by Crippen LogP contribution is 2.34. The molecule has 0 aliphatic carbocycles. The van der Waals surface area contributed by atoms with E-state index in [0.29, 0.717) is 0 Å². The Bertz CT molecular complexity index is 1220. The van der Waals surface area contributed by atoms with Crippen molar-refractivity contribution in [1.82, 2.24) is 18.9 Å². The van der Waals surface area contributed by atoms with Crippen LogP contribution in [0.5, 0.6) is 0 Å². The lowest BCUT2D eigenvalue weighted by atomic mass is 10.2. The first-order chi connectivity index (χ1) is 14.3. The minimum Gasteiger partial charge on any atom is -0.331 e. The number of amides is 1. The third-order valence-electron chi connectivity index (χ3n) is 4.35. The van der Waals surface area contributed by atoms with E-state index < -0.39 is 17.8 Å². The van der Waals surface area contributed by atoms with Gasteiger partial charge in [0.15, 0.2) is 11.3 Å². The molecule has 0 saturated carbocycles. The van der Waals surface area contributed by atoms with Crippen LogP contribution in [0.4, 0.5) is 18.9 Å². The Morgan fingerprint density at radius 2 is 1.81 bits per heavy atom. The molecule has 31 heavy (non-hydrogen) atoms. The summed E-state index contributed by atoms with van der Waals surface area (Å²) < 4.78 is 43.7. The second kappa shape index (κ2) is 8.78. The minimum atomic E-state index is -4.69. The third kappa shape index (κ3) is 4.48. The van der Waals surface area contributed by atoms with Gasteiger partial charge in [-0.2, -0.15) is 13.2 Å². The molecular weight excluding hydrogens is 478 g/mol. The van der Waals surface area contributed by atoms with E-state index in [4.69, 9.17) is 23.2 Å². The van der Waals surface area contributed by atoms with Crippen LogP contribution in [0.3, 0.4) is 0 Å². The van der Waals surface area contributed by atoms with E-state index >= 15 is 0 Å². The Morgan fingerprint density at radius 1 is 1.10 bits per heavy atom. The highest BCUT2D eigenvalue weighted by atomic mass is 35.5. The average molecular weight is 491 g/mol. The van der Waals surface area contributed by atoms with E-state index in [-0.39, 0.29) is 51.6 Å². The summed E-state index contributed by atoms with van der Waals surface area (Å²) in [4.78, 5) is 20.3. The van der Waals surface area contributed by atoms with Gasteiger partial charge in [0.1, 0.15) is 0 Å². The van der Waals surface area contributed by atoms with Gasteiger partial charge in [0, 0.05) is 18.6 Å². The van der Waals surface area contributed by atoms with Crippen molar-refractivity contribution in [3.8, 4) is 0 Å². The number of pyridine rings is 1. The Kier molecular flexibility index (Phi) is 6.49. The number of hydrogen-bond acceptors (Lipinski definition) is 3. The van der Waals surface area contributed by atoms with Crippen LogP contribution in [0.1, 0.15) is 21.7 Å². The Labute approximate surface area is 190 Å². The molecule has 0 radical (unpaired) electrons. The summed E-state index contributed by atoms with van der Waals surface area (Å²) in [7, 11) is 0. The predicted octanol–water partition coefficient (Wildman–Crippen LogP) is 5.58. The highest BCUT2D eigenvalue weighted by molar-refractivity contribution is 6.40. The summed E-state index contributed by atoms with van der Waals surface area (Å²) in [5.41, 5.74) is -1.10. The van der Waals surface area contributed by atoms with Crippen molar-refractivity contribution in [3.05, 3.63) is 82.2 Å². The number of carbonyl (C=O) groups excluding carboxylic acids is 1. The topological polar surface area (TPSA) is 64.2 Å². The lowest BCUT2D eigenvalue weighted by Crippen LogP contribution is -2.14. The molecule has 0 aliphatic rings. The monoisotopic (exact) mass is 489 g/mol. The van der Waals surface area contributed by atoms with Gasteiger partial charge in [0.05, 0.1) is 39.9 Å². The van der Waals surface area contributed by atoms with E-state index in [1.54, 1.807) is 12.3 Å². The number of fused-ring (bicyclic) bond motifs is 1. The zero-order chi connectivity index (χ0) is 21.5. The first kappa shape index (κ1) is 22.9. The number of anilines is 1. The zero-order valence-electron chi connectivity index (χ0n) is 15.4. The van der Waals surface area contributed by atoms with Crippen LogP contribution in [-0.4, -0.2) is 24.8 Å². The summed E-state index contributed by atoms with van der Waals surface area (Å²) in [6, 6.07) is 7.52. The SMILES string of the molecule is Cl.O=C(Nc1cccn2c(Cn3ccnc3)c(C(F)(F)F)nc12)c1c(Cl)cccc1Cl. The number of carbonyl (C=O) groups is 1. The van der Waals surface area contributed by atoms with Gasteiger partial charge in [-0.15, -0.1) is 12.4 Å². The fourth-order valence-corrected chi connectivity index (χ4v) is 3.61. The maximum absolute atomic E-state index is 13.7. The number of nitrogens with zero attached hydrogens (tertiary/aromatic N) is 4. The number of halogens is 6. The molecule has 3 heterocycles. The lowest BCUT2D eigenvalue weighted by Gasteiger charge is -2.10. The molecule has 12 heteroatoms. The summed E-state index contributed by atoms with van der Waals surface area (Å²) in [5, 5.41) is 2.79. The van der Waals surface area contributed by atoms with E-state index in [9.17, 15) is 18.0 Å². The second-order valence-electron chi connectivity index (χ2n) is 6.31. The lowest BCUT2D eigenvalue weighted by molar-refractivity contribution is -0.141. The molecule has 162 valence electrons. The van der Waals surface area contributed by atoms with Crippen molar-refractivity contribution >= 4 is 52.9 Å². The number of imidazole rings is 2. The van der Waals surface area contributed by atoms with Crippen LogP contribution >= 0.6 is 35.6 Å². The smallest absolute Gasteiger partial charge is 0.331 e. The number of rotatable bonds is 4. The largest absolute Gasteiger partial charge is 0.435 e. The molecule has 6 nitrogen and oxygen atoms in total. The normalized spacial score (nSPS) is 11.4. The maximum atomic E-state index is 13.7. The van der Waals surface area contributed by atoms with Crippen LogP contribution in [0.2, 0.25) is 10.0 Å². The van der Waals surface area contributed by atoms with Crippen molar-refractivity contribution < 1.29 is 18.0 Å². The molecule has 0 spiro atoms. The molecule has 4 aromatic rings. The molecule has 0 bridgehead atoms. The van der Waals surface area contributed by atoms with Crippen molar-refractivity contribution in [1.29, 1.82) is 0 Å². The van der Waals surface area contributed by atoms with Crippen LogP contribution in [0, 0.1) is 0 Å². The van der Waals surface area contributed by atoms with Crippen LogP contribution in [0.25, 0.3) is 5.65 Å². The Hall–Kier alpha value is -2.75. The Morgan fingerprint density at radius 3 is 2.42 bits per heavy atom. The van der Waals surface area contributed by atoms with E-state index in [2.05, 4.69) is 15.3 Å². The number of alkyl halides is 3. The standard InChI is InChI=1S/C19H12Cl2F3N5O.ClH/c20-11-3-1-4-12(21)15(11)18(30)26-13-5-2-7-29-14(9-28-8-6-25-10-28)16(19(22,23)24)27-17(13)29;/h1-8,10H,9H2,(H,26,30);1H. The van der Waals surface area contributed by atoms with Gasteiger partial charge >= 0.3 is 6.18 Å². The predicted molar refractivity (Wildman–Crippen MR) is 113 cm³/mol. The molecule has 0 fully saturated rings. The molecular formula is C19H13Cl3F3N5O. The molecule has 0 aliphatic heterocycles. The molecule has 1 N–H and O–H groups in total. The molecule has 3 aromatic heterocycles. The zero-order valence-corrected chi connectivity index (χ0v) is 17.7. The van der Waals surface area contributed by atoms with E-state index in [1.807, 2.05) is 0 Å². The fourth-order valence-electron chi connectivity index (χ4n) is 3.05.